The first-order chi connectivity index (χ1) is 7.31. The summed E-state index contributed by atoms with van der Waals surface area (Å²) in [6.45, 7) is 1.99. The summed E-state index contributed by atoms with van der Waals surface area (Å²) in [7, 11) is 0. The van der Waals surface area contributed by atoms with Gasteiger partial charge in [-0.2, -0.15) is 0 Å². The minimum Gasteiger partial charge on any atom is -0.303 e. The lowest BCUT2D eigenvalue weighted by Gasteiger charge is -2.25. The molecule has 2 rings (SSSR count). The highest BCUT2D eigenvalue weighted by Gasteiger charge is 2.22. The molecule has 15 heavy (non-hydrogen) atoms. The molecule has 0 radical (unpaired) electrons. The number of hydrogen-bond donors (Lipinski definition) is 0. The van der Waals surface area contributed by atoms with Crippen LogP contribution in [0.15, 0.2) is 18.3 Å². The Hall–Kier alpha value is -1.18. The van der Waals surface area contributed by atoms with Gasteiger partial charge in [-0.25, -0.2) is 0 Å². The molecule has 1 heterocycles. The largest absolute Gasteiger partial charge is 0.303 e. The second-order valence-electron chi connectivity index (χ2n) is 4.49. The third-order valence-electron chi connectivity index (χ3n) is 3.20. The van der Waals surface area contributed by atoms with Gasteiger partial charge in [-0.3, -0.25) is 4.98 Å². The molecular formula is C13H17NO. The van der Waals surface area contributed by atoms with Crippen LogP contribution in [0, 0.1) is 5.92 Å². The molecule has 0 bridgehead atoms. The highest BCUT2D eigenvalue weighted by atomic mass is 16.1. The average molecular weight is 203 g/mol. The molecule has 2 nitrogen and oxygen atoms in total. The van der Waals surface area contributed by atoms with Gasteiger partial charge in [0.2, 0.25) is 0 Å². The molecule has 0 fully saturated rings. The summed E-state index contributed by atoms with van der Waals surface area (Å²) in [4.78, 5) is 15.1. The fourth-order valence-electron chi connectivity index (χ4n) is 2.44. The summed E-state index contributed by atoms with van der Waals surface area (Å²) in [6.07, 6.45) is 7.43. The predicted molar refractivity (Wildman–Crippen MR) is 59.8 cm³/mol. The van der Waals surface area contributed by atoms with E-state index in [1.165, 1.54) is 24.1 Å². The summed E-state index contributed by atoms with van der Waals surface area (Å²) in [5.74, 6) is 0.651. The first kappa shape index (κ1) is 10.3. The summed E-state index contributed by atoms with van der Waals surface area (Å²) >= 11 is 0. The number of aromatic nitrogens is 1. The van der Waals surface area contributed by atoms with Crippen LogP contribution < -0.4 is 0 Å². The van der Waals surface area contributed by atoms with E-state index in [4.69, 9.17) is 0 Å². The number of hydrogen-bond acceptors (Lipinski definition) is 2. The highest BCUT2D eigenvalue weighted by molar-refractivity contribution is 5.53. The van der Waals surface area contributed by atoms with Gasteiger partial charge in [0.1, 0.15) is 6.29 Å². The van der Waals surface area contributed by atoms with E-state index in [0.29, 0.717) is 5.92 Å². The summed E-state index contributed by atoms with van der Waals surface area (Å²) in [5, 5.41) is 0. The Balaban J connectivity index is 2.18. The Morgan fingerprint density at radius 3 is 3.33 bits per heavy atom. The molecule has 1 aromatic heterocycles. The van der Waals surface area contributed by atoms with E-state index in [9.17, 15) is 4.79 Å². The SMILES string of the molecule is CC(C=O)CC1CCCc2cccnc21. The maximum absolute atomic E-state index is 10.7. The average Bonchev–Trinajstić information content (AvgIpc) is 2.29. The Labute approximate surface area is 90.7 Å². The van der Waals surface area contributed by atoms with Gasteiger partial charge in [0, 0.05) is 23.7 Å². The van der Waals surface area contributed by atoms with E-state index in [1.807, 2.05) is 19.2 Å². The number of carbonyl (C=O) groups excluding carboxylic acids is 1. The number of pyridine rings is 1. The van der Waals surface area contributed by atoms with Crippen LogP contribution in [0.4, 0.5) is 0 Å². The normalized spacial score (nSPS) is 21.8. The van der Waals surface area contributed by atoms with Crippen molar-refractivity contribution < 1.29 is 4.79 Å². The van der Waals surface area contributed by atoms with Crippen LogP contribution in [0.3, 0.4) is 0 Å². The van der Waals surface area contributed by atoms with Crippen LogP contribution in [0.1, 0.15) is 43.4 Å². The molecule has 0 saturated carbocycles. The molecule has 1 aliphatic rings. The fraction of sp³-hybridized carbons (Fsp3) is 0.538. The molecular weight excluding hydrogens is 186 g/mol. The zero-order valence-electron chi connectivity index (χ0n) is 9.15. The Bertz CT molecular complexity index is 348. The summed E-state index contributed by atoms with van der Waals surface area (Å²) in [5.41, 5.74) is 2.62. The van der Waals surface area contributed by atoms with E-state index < -0.39 is 0 Å². The van der Waals surface area contributed by atoms with E-state index >= 15 is 0 Å². The van der Waals surface area contributed by atoms with Crippen molar-refractivity contribution in [1.82, 2.24) is 4.98 Å². The van der Waals surface area contributed by atoms with E-state index in [-0.39, 0.29) is 5.92 Å². The van der Waals surface area contributed by atoms with Crippen LogP contribution in [0.25, 0.3) is 0 Å². The van der Waals surface area contributed by atoms with Crippen molar-refractivity contribution in [3.63, 3.8) is 0 Å². The first-order valence-corrected chi connectivity index (χ1v) is 5.70. The molecule has 80 valence electrons. The first-order valence-electron chi connectivity index (χ1n) is 5.70. The molecule has 2 atom stereocenters. The van der Waals surface area contributed by atoms with Gasteiger partial charge in [0.25, 0.3) is 0 Å². The Morgan fingerprint density at radius 1 is 1.67 bits per heavy atom. The molecule has 1 aliphatic carbocycles. The Kier molecular flexibility index (Phi) is 3.14. The number of rotatable bonds is 3. The summed E-state index contributed by atoms with van der Waals surface area (Å²) < 4.78 is 0. The number of fused-ring (bicyclic) bond motifs is 1. The van der Waals surface area contributed by atoms with Crippen molar-refractivity contribution in [2.24, 2.45) is 5.92 Å². The third kappa shape index (κ3) is 2.25. The van der Waals surface area contributed by atoms with Crippen molar-refractivity contribution in [3.05, 3.63) is 29.6 Å². The molecule has 0 saturated heterocycles. The quantitative estimate of drug-likeness (QED) is 0.707. The van der Waals surface area contributed by atoms with Crippen molar-refractivity contribution in [2.75, 3.05) is 0 Å². The zero-order valence-corrected chi connectivity index (χ0v) is 9.15. The van der Waals surface area contributed by atoms with Gasteiger partial charge in [-0.05, 0) is 37.3 Å². The fourth-order valence-corrected chi connectivity index (χ4v) is 2.44. The van der Waals surface area contributed by atoms with E-state index in [0.717, 1.165) is 19.1 Å². The van der Waals surface area contributed by atoms with Crippen LogP contribution in [-0.2, 0) is 11.2 Å². The van der Waals surface area contributed by atoms with E-state index in [2.05, 4.69) is 11.1 Å². The van der Waals surface area contributed by atoms with Gasteiger partial charge >= 0.3 is 0 Å². The molecule has 0 N–H and O–H groups in total. The molecule has 1 aromatic rings. The van der Waals surface area contributed by atoms with Crippen molar-refractivity contribution in [3.8, 4) is 0 Å². The van der Waals surface area contributed by atoms with E-state index in [1.54, 1.807) is 0 Å². The van der Waals surface area contributed by atoms with Crippen LogP contribution in [0.5, 0.6) is 0 Å². The number of carbonyl (C=O) groups is 1. The molecule has 2 heteroatoms. The second-order valence-corrected chi connectivity index (χ2v) is 4.49. The molecule has 0 spiro atoms. The standard InChI is InChI=1S/C13H17NO/c1-10(9-15)8-12-5-2-4-11-6-3-7-14-13(11)12/h3,6-7,9-10,12H,2,4-5,8H2,1H3. The summed E-state index contributed by atoms with van der Waals surface area (Å²) in [6, 6.07) is 4.17. The van der Waals surface area contributed by atoms with Crippen molar-refractivity contribution in [2.45, 2.75) is 38.5 Å². The lowest BCUT2D eigenvalue weighted by Crippen LogP contribution is -2.14. The predicted octanol–water partition coefficient (Wildman–Crippen LogP) is 2.73. The lowest BCUT2D eigenvalue weighted by atomic mass is 9.82. The lowest BCUT2D eigenvalue weighted by molar-refractivity contribution is -0.110. The molecule has 2 unspecified atom stereocenters. The topological polar surface area (TPSA) is 30.0 Å². The van der Waals surface area contributed by atoms with Gasteiger partial charge < -0.3 is 4.79 Å². The molecule has 0 aromatic carbocycles. The van der Waals surface area contributed by atoms with Crippen LogP contribution in [0.2, 0.25) is 0 Å². The third-order valence-corrected chi connectivity index (χ3v) is 3.20. The van der Waals surface area contributed by atoms with Crippen molar-refractivity contribution in [1.29, 1.82) is 0 Å². The van der Waals surface area contributed by atoms with Crippen molar-refractivity contribution >= 4 is 6.29 Å². The van der Waals surface area contributed by atoms with Gasteiger partial charge in [-0.1, -0.05) is 13.0 Å². The molecule has 0 aliphatic heterocycles. The minimum atomic E-state index is 0.156. The monoisotopic (exact) mass is 203 g/mol. The molecule has 0 amide bonds. The smallest absolute Gasteiger partial charge is 0.122 e. The Morgan fingerprint density at radius 2 is 2.53 bits per heavy atom. The number of aryl methyl sites for hydroxylation is 1. The second kappa shape index (κ2) is 4.56. The minimum absolute atomic E-state index is 0.156. The van der Waals surface area contributed by atoms with Gasteiger partial charge in [0.15, 0.2) is 0 Å². The van der Waals surface area contributed by atoms with Gasteiger partial charge in [-0.15, -0.1) is 0 Å². The van der Waals surface area contributed by atoms with Crippen LogP contribution in [-0.4, -0.2) is 11.3 Å². The van der Waals surface area contributed by atoms with Gasteiger partial charge in [0.05, 0.1) is 0 Å². The maximum atomic E-state index is 10.7. The number of aldehydes is 1. The van der Waals surface area contributed by atoms with Crippen LogP contribution >= 0.6 is 0 Å². The zero-order chi connectivity index (χ0) is 10.7. The highest BCUT2D eigenvalue weighted by Crippen LogP contribution is 2.33. The number of nitrogens with zero attached hydrogens (tertiary/aromatic N) is 1. The maximum Gasteiger partial charge on any atom is 0.122 e.